The van der Waals surface area contributed by atoms with Gasteiger partial charge in [0.25, 0.3) is 10.0 Å². The summed E-state index contributed by atoms with van der Waals surface area (Å²) in [4.78, 5) is 4.54. The molecule has 130 valence electrons. The highest BCUT2D eigenvalue weighted by Gasteiger charge is 2.34. The van der Waals surface area contributed by atoms with Crippen LogP contribution in [0.1, 0.15) is 35.4 Å². The molecule has 0 radical (unpaired) electrons. The van der Waals surface area contributed by atoms with Gasteiger partial charge in [0.05, 0.1) is 30.5 Å². The highest BCUT2D eigenvalue weighted by molar-refractivity contribution is 7.89. The van der Waals surface area contributed by atoms with Gasteiger partial charge in [0.2, 0.25) is 0 Å². The van der Waals surface area contributed by atoms with Crippen LogP contribution >= 0.6 is 0 Å². The SMILES string of the molecule is Cc1cc(S(=O)(=O)N2CCc3oc(C4CCOC4)nc3C2)n(C)n1. The van der Waals surface area contributed by atoms with Gasteiger partial charge in [0, 0.05) is 26.6 Å². The highest BCUT2D eigenvalue weighted by atomic mass is 32.2. The molecule has 0 spiro atoms. The van der Waals surface area contributed by atoms with E-state index >= 15 is 0 Å². The average Bonchev–Trinajstić information content (AvgIpc) is 3.24. The standard InChI is InChI=1S/C15H20N4O4S/c1-10-7-14(18(2)17-10)24(20,21)19-5-3-13-12(8-19)16-15(23-13)11-4-6-22-9-11/h7,11H,3-6,8-9H2,1-2H3. The van der Waals surface area contributed by atoms with Crippen LogP contribution in [0.5, 0.6) is 0 Å². The fraction of sp³-hybridized carbons (Fsp3) is 0.600. The fourth-order valence-electron chi connectivity index (χ4n) is 3.26. The predicted octanol–water partition coefficient (Wildman–Crippen LogP) is 0.967. The maximum atomic E-state index is 12.9. The third-order valence-corrected chi connectivity index (χ3v) is 6.45. The van der Waals surface area contributed by atoms with Crippen LogP contribution < -0.4 is 0 Å². The van der Waals surface area contributed by atoms with Crippen LogP contribution in [0.15, 0.2) is 15.5 Å². The number of hydrogen-bond acceptors (Lipinski definition) is 6. The minimum Gasteiger partial charge on any atom is -0.445 e. The number of fused-ring (bicyclic) bond motifs is 1. The number of sulfonamides is 1. The van der Waals surface area contributed by atoms with Gasteiger partial charge in [-0.1, -0.05) is 0 Å². The van der Waals surface area contributed by atoms with E-state index in [1.54, 1.807) is 20.0 Å². The zero-order chi connectivity index (χ0) is 16.9. The lowest BCUT2D eigenvalue weighted by atomic mass is 10.1. The van der Waals surface area contributed by atoms with Gasteiger partial charge in [0.1, 0.15) is 5.76 Å². The molecule has 0 amide bonds. The normalized spacial score (nSPS) is 22.0. The third-order valence-electron chi connectivity index (χ3n) is 4.55. The average molecular weight is 352 g/mol. The minimum absolute atomic E-state index is 0.181. The Labute approximate surface area is 140 Å². The quantitative estimate of drug-likeness (QED) is 0.817. The van der Waals surface area contributed by atoms with E-state index in [0.29, 0.717) is 36.9 Å². The van der Waals surface area contributed by atoms with Crippen molar-refractivity contribution in [2.75, 3.05) is 19.8 Å². The molecule has 0 aliphatic carbocycles. The Kier molecular flexibility index (Phi) is 3.74. The summed E-state index contributed by atoms with van der Waals surface area (Å²) in [5.41, 5.74) is 1.39. The van der Waals surface area contributed by atoms with Crippen molar-refractivity contribution in [2.45, 2.75) is 37.3 Å². The first-order valence-corrected chi connectivity index (χ1v) is 9.46. The summed E-state index contributed by atoms with van der Waals surface area (Å²) >= 11 is 0. The van der Waals surface area contributed by atoms with E-state index < -0.39 is 10.0 Å². The monoisotopic (exact) mass is 352 g/mol. The molecule has 2 aromatic rings. The number of ether oxygens (including phenoxy) is 1. The summed E-state index contributed by atoms with van der Waals surface area (Å²) < 4.78 is 39.8. The molecule has 0 bridgehead atoms. The molecule has 0 N–H and O–H groups in total. The second-order valence-corrected chi connectivity index (χ2v) is 8.20. The second kappa shape index (κ2) is 5.68. The van der Waals surface area contributed by atoms with Gasteiger partial charge in [0.15, 0.2) is 10.9 Å². The van der Waals surface area contributed by atoms with Gasteiger partial charge in [-0.05, 0) is 19.4 Å². The van der Waals surface area contributed by atoms with Crippen molar-refractivity contribution in [2.24, 2.45) is 7.05 Å². The van der Waals surface area contributed by atoms with Crippen molar-refractivity contribution in [3.8, 4) is 0 Å². The van der Waals surface area contributed by atoms with E-state index in [0.717, 1.165) is 18.8 Å². The van der Waals surface area contributed by atoms with Gasteiger partial charge in [-0.3, -0.25) is 4.68 Å². The first kappa shape index (κ1) is 15.8. The van der Waals surface area contributed by atoms with Gasteiger partial charge >= 0.3 is 0 Å². The van der Waals surface area contributed by atoms with E-state index in [1.807, 2.05) is 0 Å². The number of nitrogens with zero attached hydrogens (tertiary/aromatic N) is 4. The summed E-state index contributed by atoms with van der Waals surface area (Å²) in [6, 6.07) is 1.59. The van der Waals surface area contributed by atoms with Crippen LogP contribution in [-0.4, -0.2) is 47.2 Å². The van der Waals surface area contributed by atoms with Gasteiger partial charge < -0.3 is 9.15 Å². The molecule has 1 saturated heterocycles. The van der Waals surface area contributed by atoms with E-state index in [1.165, 1.54) is 8.99 Å². The topological polar surface area (TPSA) is 90.5 Å². The zero-order valence-corrected chi connectivity index (χ0v) is 14.5. The molecule has 1 atom stereocenters. The van der Waals surface area contributed by atoms with E-state index in [2.05, 4.69) is 10.1 Å². The molecular formula is C15H20N4O4S. The molecule has 1 unspecified atom stereocenters. The molecule has 4 rings (SSSR count). The Morgan fingerprint density at radius 1 is 1.38 bits per heavy atom. The molecule has 1 fully saturated rings. The molecule has 2 aromatic heterocycles. The van der Waals surface area contributed by atoms with Crippen LogP contribution in [0, 0.1) is 6.92 Å². The van der Waals surface area contributed by atoms with Crippen LogP contribution in [0.2, 0.25) is 0 Å². The van der Waals surface area contributed by atoms with E-state index in [-0.39, 0.29) is 17.5 Å². The lowest BCUT2D eigenvalue weighted by molar-refractivity contribution is 0.190. The molecule has 2 aliphatic rings. The number of aryl methyl sites for hydroxylation is 2. The molecule has 0 aromatic carbocycles. The minimum atomic E-state index is -3.60. The second-order valence-electron chi connectivity index (χ2n) is 6.32. The van der Waals surface area contributed by atoms with Crippen LogP contribution in [-0.2, 0) is 34.8 Å². The summed E-state index contributed by atoms with van der Waals surface area (Å²) in [6.07, 6.45) is 1.43. The summed E-state index contributed by atoms with van der Waals surface area (Å²) in [5.74, 6) is 1.65. The van der Waals surface area contributed by atoms with Crippen molar-refractivity contribution in [3.05, 3.63) is 29.1 Å². The first-order valence-electron chi connectivity index (χ1n) is 8.02. The Hall–Kier alpha value is -1.71. The van der Waals surface area contributed by atoms with Gasteiger partial charge in [-0.25, -0.2) is 13.4 Å². The zero-order valence-electron chi connectivity index (χ0n) is 13.7. The van der Waals surface area contributed by atoms with E-state index in [4.69, 9.17) is 9.15 Å². The maximum absolute atomic E-state index is 12.9. The number of hydrogen-bond donors (Lipinski definition) is 0. The van der Waals surface area contributed by atoms with Gasteiger partial charge in [-0.2, -0.15) is 9.40 Å². The summed E-state index contributed by atoms with van der Waals surface area (Å²) in [6.45, 7) is 3.74. The number of rotatable bonds is 3. The first-order chi connectivity index (χ1) is 11.4. The van der Waals surface area contributed by atoms with E-state index in [9.17, 15) is 8.42 Å². The highest BCUT2D eigenvalue weighted by Crippen LogP contribution is 2.30. The Bertz CT molecular complexity index is 864. The lowest BCUT2D eigenvalue weighted by Gasteiger charge is -2.24. The summed E-state index contributed by atoms with van der Waals surface area (Å²) in [7, 11) is -1.95. The Morgan fingerprint density at radius 2 is 2.21 bits per heavy atom. The van der Waals surface area contributed by atoms with Crippen LogP contribution in [0.25, 0.3) is 0 Å². The molecule has 2 aliphatic heterocycles. The molecular weight excluding hydrogens is 332 g/mol. The number of aromatic nitrogens is 3. The largest absolute Gasteiger partial charge is 0.445 e. The van der Waals surface area contributed by atoms with Crippen LogP contribution in [0.3, 0.4) is 0 Å². The molecule has 9 heteroatoms. The van der Waals surface area contributed by atoms with Crippen molar-refractivity contribution < 1.29 is 17.6 Å². The lowest BCUT2D eigenvalue weighted by Crippen LogP contribution is -2.36. The van der Waals surface area contributed by atoms with Crippen molar-refractivity contribution in [1.82, 2.24) is 19.1 Å². The Balaban J connectivity index is 1.60. The number of oxazole rings is 1. The smallest absolute Gasteiger partial charge is 0.260 e. The van der Waals surface area contributed by atoms with Crippen LogP contribution in [0.4, 0.5) is 0 Å². The molecule has 4 heterocycles. The third kappa shape index (κ3) is 2.56. The molecule has 8 nitrogen and oxygen atoms in total. The predicted molar refractivity (Wildman–Crippen MR) is 83.9 cm³/mol. The Morgan fingerprint density at radius 3 is 2.88 bits per heavy atom. The maximum Gasteiger partial charge on any atom is 0.260 e. The van der Waals surface area contributed by atoms with Crippen molar-refractivity contribution in [1.29, 1.82) is 0 Å². The molecule has 24 heavy (non-hydrogen) atoms. The van der Waals surface area contributed by atoms with Crippen molar-refractivity contribution >= 4 is 10.0 Å². The van der Waals surface area contributed by atoms with Crippen molar-refractivity contribution in [3.63, 3.8) is 0 Å². The molecule has 0 saturated carbocycles. The van der Waals surface area contributed by atoms with Gasteiger partial charge in [-0.15, -0.1) is 0 Å². The summed E-state index contributed by atoms with van der Waals surface area (Å²) in [5, 5.41) is 4.34. The fourth-order valence-corrected chi connectivity index (χ4v) is 4.85.